The van der Waals surface area contributed by atoms with E-state index in [-0.39, 0.29) is 11.5 Å². The highest BCUT2D eigenvalue weighted by molar-refractivity contribution is 6.40. The third-order valence-electron chi connectivity index (χ3n) is 3.14. The van der Waals surface area contributed by atoms with Crippen molar-refractivity contribution in [1.29, 1.82) is 0 Å². The third-order valence-corrected chi connectivity index (χ3v) is 3.14. The van der Waals surface area contributed by atoms with Crippen LogP contribution >= 0.6 is 0 Å². The molecule has 1 aliphatic heterocycles. The van der Waals surface area contributed by atoms with E-state index in [9.17, 15) is 14.7 Å². The number of benzene rings is 1. The SMILES string of the molecule is O=C1C=C(/C2=C(\O)c3ccc(cc3)CC2)OC1=O. The molecule has 0 atom stereocenters. The summed E-state index contributed by atoms with van der Waals surface area (Å²) in [6, 6.07) is 7.51. The number of allylic oxidation sites excluding steroid dienone is 1. The Balaban J connectivity index is 2.08. The van der Waals surface area contributed by atoms with Gasteiger partial charge in [-0.15, -0.1) is 0 Å². The lowest BCUT2D eigenvalue weighted by Gasteiger charge is -2.15. The molecule has 0 radical (unpaired) electrons. The highest BCUT2D eigenvalue weighted by atomic mass is 16.5. The number of rotatable bonds is 1. The van der Waals surface area contributed by atoms with Crippen molar-refractivity contribution in [2.45, 2.75) is 12.8 Å². The number of ether oxygens (including phenoxy) is 1. The number of fused-ring (bicyclic) bond motifs is 4. The first-order valence-electron chi connectivity index (χ1n) is 5.65. The van der Waals surface area contributed by atoms with Gasteiger partial charge in [-0.25, -0.2) is 4.79 Å². The second-order valence-corrected chi connectivity index (χ2v) is 4.29. The summed E-state index contributed by atoms with van der Waals surface area (Å²) >= 11 is 0. The number of carbonyl (C=O) groups is 2. The van der Waals surface area contributed by atoms with Crippen molar-refractivity contribution in [3.05, 3.63) is 52.8 Å². The number of cyclic esters (lactones) is 1. The fourth-order valence-electron chi connectivity index (χ4n) is 2.14. The predicted octanol–water partition coefficient (Wildman–Crippen LogP) is 1.91. The van der Waals surface area contributed by atoms with Gasteiger partial charge in [0.25, 0.3) is 5.78 Å². The monoisotopic (exact) mass is 242 g/mol. The highest BCUT2D eigenvalue weighted by Crippen LogP contribution is 2.31. The van der Waals surface area contributed by atoms with Crippen molar-refractivity contribution in [2.24, 2.45) is 0 Å². The van der Waals surface area contributed by atoms with Crippen molar-refractivity contribution in [3.63, 3.8) is 0 Å². The molecule has 1 heterocycles. The summed E-state index contributed by atoms with van der Waals surface area (Å²) in [5.41, 5.74) is 2.31. The first-order chi connectivity index (χ1) is 8.65. The smallest absolute Gasteiger partial charge is 0.384 e. The first-order valence-corrected chi connectivity index (χ1v) is 5.65. The molecule has 18 heavy (non-hydrogen) atoms. The molecule has 1 aromatic rings. The normalized spacial score (nSPS) is 22.6. The minimum atomic E-state index is -0.888. The average Bonchev–Trinajstić information content (AvgIpc) is 2.67. The van der Waals surface area contributed by atoms with Gasteiger partial charge in [-0.3, -0.25) is 4.79 Å². The summed E-state index contributed by atoms with van der Waals surface area (Å²) in [6.45, 7) is 0. The van der Waals surface area contributed by atoms with Crippen molar-refractivity contribution in [2.75, 3.05) is 0 Å². The second kappa shape index (κ2) is 3.84. The molecule has 1 aromatic carbocycles. The second-order valence-electron chi connectivity index (χ2n) is 4.29. The molecule has 4 heteroatoms. The maximum absolute atomic E-state index is 11.2. The summed E-state index contributed by atoms with van der Waals surface area (Å²) < 4.78 is 4.87. The lowest BCUT2D eigenvalue weighted by atomic mass is 9.94. The summed E-state index contributed by atoms with van der Waals surface area (Å²) in [6.07, 6.45) is 2.40. The van der Waals surface area contributed by atoms with Crippen LogP contribution in [0.1, 0.15) is 17.5 Å². The quantitative estimate of drug-likeness (QED) is 0.603. The maximum Gasteiger partial charge on any atom is 0.384 e. The van der Waals surface area contributed by atoms with E-state index in [1.807, 2.05) is 24.3 Å². The van der Waals surface area contributed by atoms with Crippen LogP contribution in [-0.2, 0) is 20.7 Å². The number of esters is 1. The minimum absolute atomic E-state index is 0.0648. The van der Waals surface area contributed by atoms with Gasteiger partial charge in [0.15, 0.2) is 0 Å². The zero-order valence-electron chi connectivity index (χ0n) is 9.47. The van der Waals surface area contributed by atoms with Crippen molar-refractivity contribution >= 4 is 17.5 Å². The van der Waals surface area contributed by atoms with Crippen molar-refractivity contribution < 1.29 is 19.4 Å². The first kappa shape index (κ1) is 10.8. The summed E-state index contributed by atoms with van der Waals surface area (Å²) in [5.74, 6) is -1.33. The van der Waals surface area contributed by atoms with E-state index >= 15 is 0 Å². The number of ketones is 1. The Kier molecular flexibility index (Phi) is 2.30. The van der Waals surface area contributed by atoms with Crippen LogP contribution in [0, 0.1) is 0 Å². The van der Waals surface area contributed by atoms with E-state index in [4.69, 9.17) is 4.74 Å². The van der Waals surface area contributed by atoms with Crippen LogP contribution in [0.4, 0.5) is 0 Å². The Morgan fingerprint density at radius 3 is 2.39 bits per heavy atom. The summed E-state index contributed by atoms with van der Waals surface area (Å²) in [5, 5.41) is 10.2. The molecule has 0 amide bonds. The largest absolute Gasteiger partial charge is 0.507 e. The lowest BCUT2D eigenvalue weighted by molar-refractivity contribution is -0.145. The van der Waals surface area contributed by atoms with E-state index in [0.717, 1.165) is 18.1 Å². The zero-order valence-corrected chi connectivity index (χ0v) is 9.47. The van der Waals surface area contributed by atoms with Gasteiger partial charge in [-0.1, -0.05) is 24.3 Å². The van der Waals surface area contributed by atoms with Crippen LogP contribution in [0.5, 0.6) is 0 Å². The lowest BCUT2D eigenvalue weighted by Crippen LogP contribution is -2.07. The number of hydrogen-bond acceptors (Lipinski definition) is 4. The van der Waals surface area contributed by atoms with Gasteiger partial charge in [-0.05, 0) is 18.4 Å². The molecule has 1 N–H and O–H groups in total. The van der Waals surface area contributed by atoms with Gasteiger partial charge >= 0.3 is 5.97 Å². The van der Waals surface area contributed by atoms with Gasteiger partial charge in [0.1, 0.15) is 11.5 Å². The Bertz CT molecular complexity index is 605. The molecule has 2 aliphatic carbocycles. The van der Waals surface area contributed by atoms with Crippen molar-refractivity contribution in [3.8, 4) is 0 Å². The topological polar surface area (TPSA) is 63.6 Å². The Hall–Kier alpha value is -2.36. The van der Waals surface area contributed by atoms with Gasteiger partial charge in [-0.2, -0.15) is 0 Å². The van der Waals surface area contributed by atoms with Gasteiger partial charge in [0.05, 0.1) is 0 Å². The zero-order chi connectivity index (χ0) is 12.7. The van der Waals surface area contributed by atoms with E-state index in [0.29, 0.717) is 17.6 Å². The minimum Gasteiger partial charge on any atom is -0.507 e. The van der Waals surface area contributed by atoms with Crippen LogP contribution in [-0.4, -0.2) is 16.9 Å². The molecule has 0 fully saturated rings. The number of aliphatic hydroxyl groups excluding tert-OH is 1. The standard InChI is InChI=1S/C14H10O4/c15-11-7-12(18-14(11)17)10-6-3-8-1-4-9(5-2-8)13(10)16/h1-2,4-5,7,16H,3,6H2/b13-10-. The molecule has 90 valence electrons. The molecular weight excluding hydrogens is 232 g/mol. The predicted molar refractivity (Wildman–Crippen MR) is 63.5 cm³/mol. The highest BCUT2D eigenvalue weighted by Gasteiger charge is 2.28. The molecule has 0 spiro atoms. The van der Waals surface area contributed by atoms with Crippen molar-refractivity contribution in [1.82, 2.24) is 0 Å². The third kappa shape index (κ3) is 1.62. The van der Waals surface area contributed by atoms with Crippen LogP contribution < -0.4 is 0 Å². The number of carbonyl (C=O) groups excluding carboxylic acids is 2. The molecular formula is C14H10O4. The van der Waals surface area contributed by atoms with Crippen LogP contribution in [0.15, 0.2) is 41.7 Å². The summed E-state index contributed by atoms with van der Waals surface area (Å²) in [7, 11) is 0. The fourth-order valence-corrected chi connectivity index (χ4v) is 2.14. The molecule has 0 saturated heterocycles. The molecule has 4 rings (SSSR count). The molecule has 0 saturated carbocycles. The van der Waals surface area contributed by atoms with Gasteiger partial charge in [0.2, 0.25) is 0 Å². The van der Waals surface area contributed by atoms with Gasteiger partial charge in [0, 0.05) is 17.2 Å². The van der Waals surface area contributed by atoms with Crippen LogP contribution in [0.3, 0.4) is 0 Å². The Morgan fingerprint density at radius 2 is 1.78 bits per heavy atom. The molecule has 0 aromatic heterocycles. The van der Waals surface area contributed by atoms with Crippen LogP contribution in [0.25, 0.3) is 5.76 Å². The molecule has 2 bridgehead atoms. The van der Waals surface area contributed by atoms with E-state index in [1.165, 1.54) is 0 Å². The summed E-state index contributed by atoms with van der Waals surface area (Å²) in [4.78, 5) is 22.2. The van der Waals surface area contributed by atoms with Crippen LogP contribution in [0.2, 0.25) is 0 Å². The van der Waals surface area contributed by atoms with E-state index in [2.05, 4.69) is 0 Å². The molecule has 3 aliphatic rings. The number of aliphatic hydroxyl groups is 1. The molecule has 0 unspecified atom stereocenters. The number of hydrogen-bond donors (Lipinski definition) is 1. The molecule has 4 nitrogen and oxygen atoms in total. The van der Waals surface area contributed by atoms with Gasteiger partial charge < -0.3 is 9.84 Å². The van der Waals surface area contributed by atoms with E-state index < -0.39 is 11.8 Å². The van der Waals surface area contributed by atoms with E-state index in [1.54, 1.807) is 0 Å². The Labute approximate surface area is 103 Å². The number of aryl methyl sites for hydroxylation is 1. The maximum atomic E-state index is 11.2. The Morgan fingerprint density at radius 1 is 1.06 bits per heavy atom. The fraction of sp³-hybridized carbons (Fsp3) is 0.143. The average molecular weight is 242 g/mol.